The SMILES string of the molecule is C[C@@H]1[C@H](C(=O)O)CCCN1C(=O)c1ccc(S(=O)(=O)N2CCCCC2)cc1. The van der Waals surface area contributed by atoms with Crippen LogP contribution in [0.4, 0.5) is 0 Å². The van der Waals surface area contributed by atoms with Crippen LogP contribution in [0, 0.1) is 5.92 Å². The normalized spacial score (nSPS) is 24.6. The number of amides is 1. The third-order valence-electron chi connectivity index (χ3n) is 5.62. The Morgan fingerprint density at radius 3 is 2.22 bits per heavy atom. The van der Waals surface area contributed by atoms with Gasteiger partial charge in [0.05, 0.1) is 10.8 Å². The van der Waals surface area contributed by atoms with Gasteiger partial charge >= 0.3 is 5.97 Å². The lowest BCUT2D eigenvalue weighted by Crippen LogP contribution is -2.49. The van der Waals surface area contributed by atoms with Crippen LogP contribution >= 0.6 is 0 Å². The van der Waals surface area contributed by atoms with Crippen molar-refractivity contribution < 1.29 is 23.1 Å². The summed E-state index contributed by atoms with van der Waals surface area (Å²) in [6, 6.07) is 5.61. The van der Waals surface area contributed by atoms with Crippen molar-refractivity contribution in [2.24, 2.45) is 5.92 Å². The number of aliphatic carboxylic acids is 1. The highest BCUT2D eigenvalue weighted by molar-refractivity contribution is 7.89. The van der Waals surface area contributed by atoms with E-state index in [-0.39, 0.29) is 16.8 Å². The molecule has 148 valence electrons. The minimum absolute atomic E-state index is 0.191. The molecule has 0 saturated carbocycles. The predicted molar refractivity (Wildman–Crippen MR) is 99.9 cm³/mol. The molecule has 0 bridgehead atoms. The summed E-state index contributed by atoms with van der Waals surface area (Å²) in [4.78, 5) is 26.0. The molecule has 0 spiro atoms. The monoisotopic (exact) mass is 394 g/mol. The molecule has 8 heteroatoms. The summed E-state index contributed by atoms with van der Waals surface area (Å²) < 4.78 is 26.9. The van der Waals surface area contributed by atoms with Crippen molar-refractivity contribution in [2.75, 3.05) is 19.6 Å². The van der Waals surface area contributed by atoms with E-state index in [9.17, 15) is 23.1 Å². The molecule has 2 aliphatic rings. The van der Waals surface area contributed by atoms with Gasteiger partial charge in [0.15, 0.2) is 0 Å². The van der Waals surface area contributed by atoms with Gasteiger partial charge in [-0.2, -0.15) is 4.31 Å². The lowest BCUT2D eigenvalue weighted by Gasteiger charge is -2.37. The lowest BCUT2D eigenvalue weighted by molar-refractivity contribution is -0.144. The molecule has 7 nitrogen and oxygen atoms in total. The molecule has 1 aromatic carbocycles. The molecule has 1 amide bonds. The molecule has 0 aromatic heterocycles. The average Bonchev–Trinajstić information content (AvgIpc) is 2.68. The van der Waals surface area contributed by atoms with Crippen LogP contribution < -0.4 is 0 Å². The van der Waals surface area contributed by atoms with Gasteiger partial charge in [0.2, 0.25) is 10.0 Å². The summed E-state index contributed by atoms with van der Waals surface area (Å²) in [5.74, 6) is -1.71. The minimum atomic E-state index is -3.53. The maximum Gasteiger partial charge on any atom is 0.308 e. The Morgan fingerprint density at radius 2 is 1.63 bits per heavy atom. The van der Waals surface area contributed by atoms with Crippen molar-refractivity contribution >= 4 is 21.9 Å². The number of carbonyl (C=O) groups excluding carboxylic acids is 1. The van der Waals surface area contributed by atoms with E-state index < -0.39 is 21.9 Å². The number of hydrogen-bond acceptors (Lipinski definition) is 4. The summed E-state index contributed by atoms with van der Waals surface area (Å²) in [7, 11) is -3.53. The zero-order valence-electron chi connectivity index (χ0n) is 15.5. The first-order valence-corrected chi connectivity index (χ1v) is 10.9. The zero-order valence-corrected chi connectivity index (χ0v) is 16.3. The first-order valence-electron chi connectivity index (χ1n) is 9.46. The van der Waals surface area contributed by atoms with Crippen LogP contribution in [-0.4, -0.2) is 60.3 Å². The number of carbonyl (C=O) groups is 2. The van der Waals surface area contributed by atoms with E-state index in [0.29, 0.717) is 38.0 Å². The fourth-order valence-electron chi connectivity index (χ4n) is 3.95. The van der Waals surface area contributed by atoms with Gasteiger partial charge in [-0.25, -0.2) is 8.42 Å². The Balaban J connectivity index is 1.76. The largest absolute Gasteiger partial charge is 0.481 e. The smallest absolute Gasteiger partial charge is 0.308 e. The number of sulfonamides is 1. The molecule has 2 fully saturated rings. The summed E-state index contributed by atoms with van der Waals surface area (Å²) in [5.41, 5.74) is 0.380. The molecule has 3 rings (SSSR count). The molecule has 2 saturated heterocycles. The summed E-state index contributed by atoms with van der Waals surface area (Å²) in [5, 5.41) is 9.32. The van der Waals surface area contributed by atoms with Crippen LogP contribution in [-0.2, 0) is 14.8 Å². The number of benzene rings is 1. The summed E-state index contributed by atoms with van der Waals surface area (Å²) in [6.45, 7) is 3.33. The van der Waals surface area contributed by atoms with Crippen LogP contribution in [0.15, 0.2) is 29.2 Å². The van der Waals surface area contributed by atoms with Crippen molar-refractivity contribution in [3.63, 3.8) is 0 Å². The average molecular weight is 394 g/mol. The molecule has 27 heavy (non-hydrogen) atoms. The molecule has 0 unspecified atom stereocenters. The number of nitrogens with zero attached hydrogens (tertiary/aromatic N) is 2. The Hall–Kier alpha value is -1.93. The van der Waals surface area contributed by atoms with Gasteiger partial charge in [-0.05, 0) is 56.9 Å². The second-order valence-corrected chi connectivity index (χ2v) is 9.25. The van der Waals surface area contributed by atoms with E-state index in [1.165, 1.54) is 28.6 Å². The van der Waals surface area contributed by atoms with Crippen LogP contribution in [0.3, 0.4) is 0 Å². The van der Waals surface area contributed by atoms with Gasteiger partial charge < -0.3 is 10.0 Å². The molecular weight excluding hydrogens is 368 g/mol. The van der Waals surface area contributed by atoms with Crippen molar-refractivity contribution in [2.45, 2.75) is 50.0 Å². The molecule has 2 atom stereocenters. The highest BCUT2D eigenvalue weighted by Gasteiger charge is 2.35. The van der Waals surface area contributed by atoms with Crippen LogP contribution in [0.2, 0.25) is 0 Å². The summed E-state index contributed by atoms with van der Waals surface area (Å²) in [6.07, 6.45) is 3.99. The molecule has 0 aliphatic carbocycles. The molecule has 2 aliphatic heterocycles. The van der Waals surface area contributed by atoms with Gasteiger partial charge in [-0.1, -0.05) is 6.42 Å². The van der Waals surface area contributed by atoms with Crippen molar-refractivity contribution in [1.82, 2.24) is 9.21 Å². The first kappa shape index (κ1) is 19.8. The number of carboxylic acid groups (broad SMARTS) is 1. The fourth-order valence-corrected chi connectivity index (χ4v) is 5.47. The quantitative estimate of drug-likeness (QED) is 0.845. The highest BCUT2D eigenvalue weighted by atomic mass is 32.2. The molecule has 2 heterocycles. The van der Waals surface area contributed by atoms with Gasteiger partial charge in [-0.15, -0.1) is 0 Å². The van der Waals surface area contributed by atoms with E-state index in [1.807, 2.05) is 0 Å². The molecule has 0 radical (unpaired) electrons. The third kappa shape index (κ3) is 4.01. The Bertz CT molecular complexity index is 800. The topological polar surface area (TPSA) is 95.0 Å². The van der Waals surface area contributed by atoms with E-state index in [0.717, 1.165) is 19.3 Å². The number of carboxylic acids is 1. The van der Waals surface area contributed by atoms with Crippen molar-refractivity contribution in [3.05, 3.63) is 29.8 Å². The summed E-state index contributed by atoms with van der Waals surface area (Å²) >= 11 is 0. The van der Waals surface area contributed by atoms with Gasteiger partial charge in [0.1, 0.15) is 0 Å². The first-order chi connectivity index (χ1) is 12.8. The molecule has 1 aromatic rings. The van der Waals surface area contributed by atoms with Gasteiger partial charge in [-0.3, -0.25) is 9.59 Å². The Morgan fingerprint density at radius 1 is 1.00 bits per heavy atom. The minimum Gasteiger partial charge on any atom is -0.481 e. The number of hydrogen-bond donors (Lipinski definition) is 1. The zero-order chi connectivity index (χ0) is 19.6. The maximum absolute atomic E-state index is 12.8. The van der Waals surface area contributed by atoms with Gasteiger partial charge in [0.25, 0.3) is 5.91 Å². The van der Waals surface area contributed by atoms with Crippen molar-refractivity contribution in [1.29, 1.82) is 0 Å². The van der Waals surface area contributed by atoms with E-state index >= 15 is 0 Å². The van der Waals surface area contributed by atoms with E-state index in [1.54, 1.807) is 11.8 Å². The van der Waals surface area contributed by atoms with Crippen molar-refractivity contribution in [3.8, 4) is 0 Å². The van der Waals surface area contributed by atoms with Gasteiger partial charge in [0, 0.05) is 31.2 Å². The maximum atomic E-state index is 12.8. The molecule has 1 N–H and O–H groups in total. The number of piperidine rings is 2. The number of rotatable bonds is 4. The molecular formula is C19H26N2O5S. The van der Waals surface area contributed by atoms with Crippen LogP contribution in [0.5, 0.6) is 0 Å². The fraction of sp³-hybridized carbons (Fsp3) is 0.579. The standard InChI is InChI=1S/C19H26N2O5S/c1-14-17(19(23)24)6-5-13-21(14)18(22)15-7-9-16(10-8-15)27(25,26)20-11-3-2-4-12-20/h7-10,14,17H,2-6,11-13H2,1H3,(H,23,24)/t14-,17-/m1/s1. The second-order valence-electron chi connectivity index (χ2n) is 7.32. The Kier molecular flexibility index (Phi) is 5.86. The Labute approximate surface area is 160 Å². The van der Waals surface area contributed by atoms with E-state index in [4.69, 9.17) is 0 Å². The van der Waals surface area contributed by atoms with Crippen LogP contribution in [0.1, 0.15) is 49.4 Å². The van der Waals surface area contributed by atoms with E-state index in [2.05, 4.69) is 0 Å². The predicted octanol–water partition coefficient (Wildman–Crippen LogP) is 2.19. The number of likely N-dealkylation sites (tertiary alicyclic amines) is 1. The second kappa shape index (κ2) is 7.98. The third-order valence-corrected chi connectivity index (χ3v) is 7.53. The highest BCUT2D eigenvalue weighted by Crippen LogP contribution is 2.26. The lowest BCUT2D eigenvalue weighted by atomic mass is 9.90. The van der Waals surface area contributed by atoms with Crippen LogP contribution in [0.25, 0.3) is 0 Å².